The molecule has 2 rings (SSSR count). The monoisotopic (exact) mass is 308 g/mol. The summed E-state index contributed by atoms with van der Waals surface area (Å²) in [7, 11) is 2.05. The molecule has 0 aliphatic heterocycles. The molecule has 0 heterocycles. The predicted octanol–water partition coefficient (Wildman–Crippen LogP) is 4.65. The minimum Gasteiger partial charge on any atom is -0.368 e. The molecule has 20 heavy (non-hydrogen) atoms. The number of hydrogen-bond donors (Lipinski definition) is 1. The van der Waals surface area contributed by atoms with Gasteiger partial charge in [0.15, 0.2) is 0 Å². The van der Waals surface area contributed by atoms with Crippen LogP contribution in [0.4, 0.5) is 5.69 Å². The van der Waals surface area contributed by atoms with Crippen molar-refractivity contribution in [1.29, 1.82) is 0 Å². The van der Waals surface area contributed by atoms with Gasteiger partial charge in [-0.1, -0.05) is 41.4 Å². The number of nitrogens with zero attached hydrogens (tertiary/aromatic N) is 1. The van der Waals surface area contributed by atoms with Crippen molar-refractivity contribution in [1.82, 2.24) is 0 Å². The summed E-state index contributed by atoms with van der Waals surface area (Å²) >= 11 is 12.2. The molecule has 2 aromatic rings. The number of nitrogens with two attached hydrogens (primary N) is 1. The third kappa shape index (κ3) is 3.09. The summed E-state index contributed by atoms with van der Waals surface area (Å²) in [5.41, 5.74) is 9.04. The molecule has 0 spiro atoms. The van der Waals surface area contributed by atoms with Crippen LogP contribution in [0.3, 0.4) is 0 Å². The number of halogens is 2. The lowest BCUT2D eigenvalue weighted by Gasteiger charge is -2.29. The van der Waals surface area contributed by atoms with Crippen LogP contribution in [0.5, 0.6) is 0 Å². The third-order valence-electron chi connectivity index (χ3n) is 3.61. The summed E-state index contributed by atoms with van der Waals surface area (Å²) in [4.78, 5) is 2.18. The van der Waals surface area contributed by atoms with Crippen molar-refractivity contribution in [3.63, 3.8) is 0 Å². The van der Waals surface area contributed by atoms with Crippen molar-refractivity contribution in [2.75, 3.05) is 11.9 Å². The zero-order valence-corrected chi connectivity index (χ0v) is 13.1. The maximum Gasteiger partial charge on any atom is 0.0511 e. The minimum atomic E-state index is 0.205. The van der Waals surface area contributed by atoms with Gasteiger partial charge in [-0.25, -0.2) is 0 Å². The molecule has 4 heteroatoms. The van der Waals surface area contributed by atoms with Gasteiger partial charge in [0.05, 0.1) is 6.04 Å². The maximum absolute atomic E-state index is 6.22. The van der Waals surface area contributed by atoms with Crippen molar-refractivity contribution >= 4 is 28.9 Å². The van der Waals surface area contributed by atoms with Crippen molar-refractivity contribution in [2.45, 2.75) is 19.5 Å². The molecule has 2 aromatic carbocycles. The average Bonchev–Trinajstić information content (AvgIpc) is 2.46. The van der Waals surface area contributed by atoms with E-state index in [0.717, 1.165) is 16.3 Å². The highest BCUT2D eigenvalue weighted by atomic mass is 35.5. The van der Waals surface area contributed by atoms with E-state index in [9.17, 15) is 0 Å². The van der Waals surface area contributed by atoms with Crippen molar-refractivity contribution in [3.8, 4) is 0 Å². The van der Waals surface area contributed by atoms with Crippen molar-refractivity contribution in [3.05, 3.63) is 63.6 Å². The first-order valence-electron chi connectivity index (χ1n) is 6.50. The molecule has 0 radical (unpaired) electrons. The summed E-state index contributed by atoms with van der Waals surface area (Å²) in [6, 6.07) is 13.9. The van der Waals surface area contributed by atoms with E-state index >= 15 is 0 Å². The highest BCUT2D eigenvalue weighted by Gasteiger charge is 2.16. The second kappa shape index (κ2) is 6.49. The Kier molecular flexibility index (Phi) is 4.92. The van der Waals surface area contributed by atoms with Crippen molar-refractivity contribution < 1.29 is 0 Å². The number of anilines is 1. The van der Waals surface area contributed by atoms with Gasteiger partial charge in [0.1, 0.15) is 0 Å². The summed E-state index contributed by atoms with van der Waals surface area (Å²) in [5, 5.41) is 1.45. The van der Waals surface area contributed by atoms with Gasteiger partial charge < -0.3 is 10.6 Å². The highest BCUT2D eigenvalue weighted by molar-refractivity contribution is 6.31. The fourth-order valence-corrected chi connectivity index (χ4v) is 2.63. The molecule has 0 aliphatic rings. The van der Waals surface area contributed by atoms with E-state index in [1.807, 2.05) is 49.5 Å². The zero-order chi connectivity index (χ0) is 14.7. The highest BCUT2D eigenvalue weighted by Crippen LogP contribution is 2.32. The predicted molar refractivity (Wildman–Crippen MR) is 87.6 cm³/mol. The van der Waals surface area contributed by atoms with E-state index in [2.05, 4.69) is 11.8 Å². The minimum absolute atomic E-state index is 0.205. The van der Waals surface area contributed by atoms with Crippen LogP contribution < -0.4 is 10.6 Å². The Morgan fingerprint density at radius 3 is 2.35 bits per heavy atom. The van der Waals surface area contributed by atoms with Crippen LogP contribution in [-0.2, 0) is 6.54 Å². The summed E-state index contributed by atoms with van der Waals surface area (Å²) in [5.74, 6) is 0. The van der Waals surface area contributed by atoms with Crippen molar-refractivity contribution in [2.24, 2.45) is 5.73 Å². The Hall–Kier alpha value is -1.22. The number of benzene rings is 2. The zero-order valence-electron chi connectivity index (χ0n) is 11.6. The van der Waals surface area contributed by atoms with Crippen LogP contribution in [0.15, 0.2) is 42.5 Å². The first kappa shape index (κ1) is 15.2. The van der Waals surface area contributed by atoms with Crippen LogP contribution in [-0.4, -0.2) is 7.05 Å². The van der Waals surface area contributed by atoms with Gasteiger partial charge in [-0.05, 0) is 36.8 Å². The van der Waals surface area contributed by atoms with Gasteiger partial charge in [0.2, 0.25) is 0 Å². The van der Waals surface area contributed by atoms with Gasteiger partial charge >= 0.3 is 0 Å². The van der Waals surface area contributed by atoms with Crippen LogP contribution in [0.1, 0.15) is 24.1 Å². The van der Waals surface area contributed by atoms with E-state index < -0.39 is 0 Å². The summed E-state index contributed by atoms with van der Waals surface area (Å²) in [6.07, 6.45) is 0. The number of hydrogen-bond acceptors (Lipinski definition) is 2. The van der Waals surface area contributed by atoms with E-state index in [0.29, 0.717) is 11.6 Å². The van der Waals surface area contributed by atoms with Crippen LogP contribution in [0.25, 0.3) is 0 Å². The SMILES string of the molecule is CC(c1ccc(Cl)cc1)N(C)c1cccc(Cl)c1CN. The smallest absolute Gasteiger partial charge is 0.0511 e. The molecular formula is C16H18Cl2N2. The Bertz CT molecular complexity index is 582. The second-order valence-corrected chi connectivity index (χ2v) is 5.62. The fourth-order valence-electron chi connectivity index (χ4n) is 2.25. The topological polar surface area (TPSA) is 29.3 Å². The Labute approximate surface area is 130 Å². The first-order chi connectivity index (χ1) is 9.54. The van der Waals surface area contributed by atoms with Crippen LogP contribution in [0.2, 0.25) is 10.0 Å². The first-order valence-corrected chi connectivity index (χ1v) is 7.26. The quantitative estimate of drug-likeness (QED) is 0.891. The van der Waals surface area contributed by atoms with Gasteiger partial charge in [-0.3, -0.25) is 0 Å². The molecule has 2 N–H and O–H groups in total. The van der Waals surface area contributed by atoms with Crippen LogP contribution in [0, 0.1) is 0 Å². The molecule has 1 unspecified atom stereocenters. The average molecular weight is 309 g/mol. The van der Waals surface area contributed by atoms with E-state index in [-0.39, 0.29) is 6.04 Å². The summed E-state index contributed by atoms with van der Waals surface area (Å²) < 4.78 is 0. The number of rotatable bonds is 4. The third-order valence-corrected chi connectivity index (χ3v) is 4.22. The molecular weight excluding hydrogens is 291 g/mol. The molecule has 0 saturated carbocycles. The van der Waals surface area contributed by atoms with Gasteiger partial charge in [-0.15, -0.1) is 0 Å². The maximum atomic E-state index is 6.22. The fraction of sp³-hybridized carbons (Fsp3) is 0.250. The molecule has 0 aliphatic carbocycles. The second-order valence-electron chi connectivity index (χ2n) is 4.78. The lowest BCUT2D eigenvalue weighted by molar-refractivity contribution is 0.735. The standard InChI is InChI=1S/C16H18Cl2N2/c1-11(12-6-8-13(17)9-7-12)20(2)16-5-3-4-15(18)14(16)10-19/h3-9,11H,10,19H2,1-2H3. The molecule has 0 amide bonds. The van der Waals surface area contributed by atoms with Crippen LogP contribution >= 0.6 is 23.2 Å². The molecule has 1 atom stereocenters. The lowest BCUT2D eigenvalue weighted by atomic mass is 10.1. The normalized spacial score (nSPS) is 12.2. The van der Waals surface area contributed by atoms with E-state index in [1.165, 1.54) is 5.56 Å². The van der Waals surface area contributed by atoms with Gasteiger partial charge in [-0.2, -0.15) is 0 Å². The molecule has 106 valence electrons. The molecule has 0 saturated heterocycles. The molecule has 0 aromatic heterocycles. The molecule has 0 bridgehead atoms. The Balaban J connectivity index is 2.33. The molecule has 2 nitrogen and oxygen atoms in total. The lowest BCUT2D eigenvalue weighted by Crippen LogP contribution is -2.23. The largest absolute Gasteiger partial charge is 0.368 e. The molecule has 0 fully saturated rings. The van der Waals surface area contributed by atoms with E-state index in [4.69, 9.17) is 28.9 Å². The van der Waals surface area contributed by atoms with E-state index in [1.54, 1.807) is 0 Å². The van der Waals surface area contributed by atoms with Gasteiger partial charge in [0, 0.05) is 34.9 Å². The van der Waals surface area contributed by atoms with Gasteiger partial charge in [0.25, 0.3) is 0 Å². The Morgan fingerprint density at radius 1 is 1.10 bits per heavy atom. The Morgan fingerprint density at radius 2 is 1.75 bits per heavy atom. The summed E-state index contributed by atoms with van der Waals surface area (Å²) in [6.45, 7) is 2.57.